The first-order chi connectivity index (χ1) is 29.3. The molecule has 0 spiro atoms. The van der Waals surface area contributed by atoms with Crippen LogP contribution in [0.1, 0.15) is 0 Å². The van der Waals surface area contributed by atoms with Gasteiger partial charge in [0.15, 0.2) is 5.82 Å². The molecule has 272 valence electrons. The van der Waals surface area contributed by atoms with Crippen LogP contribution in [0.3, 0.4) is 0 Å². The lowest BCUT2D eigenvalue weighted by molar-refractivity contribution is 1.05. The van der Waals surface area contributed by atoms with Gasteiger partial charge >= 0.3 is 0 Å². The van der Waals surface area contributed by atoms with Gasteiger partial charge in [0, 0.05) is 33.4 Å². The maximum absolute atomic E-state index is 5.59. The van der Waals surface area contributed by atoms with Crippen molar-refractivity contribution in [3.05, 3.63) is 200 Å². The molecular formula is C56H33N3. The number of aromatic nitrogens is 3. The molecule has 0 unspecified atom stereocenters. The summed E-state index contributed by atoms with van der Waals surface area (Å²) in [6.45, 7) is 0. The summed E-state index contributed by atoms with van der Waals surface area (Å²) in [5.41, 5.74) is 5.19. The zero-order chi connectivity index (χ0) is 38.6. The molecule has 3 heteroatoms. The van der Waals surface area contributed by atoms with Crippen LogP contribution in [0.4, 0.5) is 0 Å². The molecule has 13 aromatic rings. The standard InChI is InChI=1S/C56H33N3/c1-4-18-37-34(14-1)17-13-27-47(37)56-57-49(48-32-36-16-3-5-19-38(36)40-21-7-10-25-44(40)48)33-52(58-56)59-50-30-28-35-15-2-6-20-39(35)54(50)55-51(59)31-29-46-43-24-9-8-22-41(43)42-23-11-12-26-45(42)53(46)55/h1-33H. The van der Waals surface area contributed by atoms with E-state index >= 15 is 0 Å². The van der Waals surface area contributed by atoms with E-state index in [2.05, 4.69) is 205 Å². The van der Waals surface area contributed by atoms with Gasteiger partial charge in [-0.3, -0.25) is 4.57 Å². The van der Waals surface area contributed by atoms with E-state index in [1.807, 2.05) is 0 Å². The van der Waals surface area contributed by atoms with Crippen molar-refractivity contribution in [2.45, 2.75) is 0 Å². The van der Waals surface area contributed by atoms with Gasteiger partial charge in [0.2, 0.25) is 0 Å². The number of hydrogen-bond acceptors (Lipinski definition) is 2. The quantitative estimate of drug-likeness (QED) is 0.169. The highest BCUT2D eigenvalue weighted by Crippen LogP contribution is 2.46. The lowest BCUT2D eigenvalue weighted by Crippen LogP contribution is -2.03. The fourth-order valence-electron chi connectivity index (χ4n) is 10.0. The van der Waals surface area contributed by atoms with Gasteiger partial charge in [-0.25, -0.2) is 9.97 Å². The van der Waals surface area contributed by atoms with Crippen LogP contribution >= 0.6 is 0 Å². The van der Waals surface area contributed by atoms with Crippen molar-refractivity contribution in [3.8, 4) is 28.5 Å². The van der Waals surface area contributed by atoms with Crippen molar-refractivity contribution in [1.29, 1.82) is 0 Å². The summed E-state index contributed by atoms with van der Waals surface area (Å²) in [5.74, 6) is 1.52. The molecule has 11 aromatic carbocycles. The van der Waals surface area contributed by atoms with Gasteiger partial charge in [0.05, 0.1) is 16.7 Å². The monoisotopic (exact) mass is 747 g/mol. The Hall–Kier alpha value is -7.88. The van der Waals surface area contributed by atoms with Crippen LogP contribution in [0.5, 0.6) is 0 Å². The molecule has 0 bridgehead atoms. The molecule has 0 aliphatic heterocycles. The van der Waals surface area contributed by atoms with Crippen LogP contribution in [-0.2, 0) is 0 Å². The topological polar surface area (TPSA) is 30.7 Å². The average Bonchev–Trinajstić information content (AvgIpc) is 3.66. The molecule has 0 saturated carbocycles. The van der Waals surface area contributed by atoms with Crippen LogP contribution in [0.25, 0.3) is 126 Å². The summed E-state index contributed by atoms with van der Waals surface area (Å²) in [6.07, 6.45) is 0. The van der Waals surface area contributed by atoms with Crippen molar-refractivity contribution < 1.29 is 0 Å². The van der Waals surface area contributed by atoms with Crippen molar-refractivity contribution in [3.63, 3.8) is 0 Å². The smallest absolute Gasteiger partial charge is 0.162 e. The van der Waals surface area contributed by atoms with E-state index in [0.717, 1.165) is 49.8 Å². The summed E-state index contributed by atoms with van der Waals surface area (Å²) >= 11 is 0. The summed E-state index contributed by atoms with van der Waals surface area (Å²) in [4.78, 5) is 11.1. The second-order valence-electron chi connectivity index (χ2n) is 15.6. The first-order valence-electron chi connectivity index (χ1n) is 20.2. The van der Waals surface area contributed by atoms with Crippen LogP contribution in [0.2, 0.25) is 0 Å². The fraction of sp³-hybridized carbons (Fsp3) is 0. The highest BCUT2D eigenvalue weighted by molar-refractivity contribution is 6.37. The molecule has 59 heavy (non-hydrogen) atoms. The SMILES string of the molecule is c1ccc2c(-c3nc(-c4cc5ccccc5c5ccccc45)cc(-n4c5ccc6ccccc6c5c5c6c7ccccc7c7ccccc7c6ccc54)n3)cccc2c1. The van der Waals surface area contributed by atoms with E-state index in [9.17, 15) is 0 Å². The largest absolute Gasteiger partial charge is 0.294 e. The minimum Gasteiger partial charge on any atom is -0.294 e. The Labute approximate surface area is 339 Å². The molecule has 2 aromatic heterocycles. The van der Waals surface area contributed by atoms with E-state index < -0.39 is 0 Å². The number of rotatable bonds is 3. The van der Waals surface area contributed by atoms with Crippen molar-refractivity contribution in [2.75, 3.05) is 0 Å². The number of hydrogen-bond donors (Lipinski definition) is 0. The second-order valence-corrected chi connectivity index (χ2v) is 15.6. The lowest BCUT2D eigenvalue weighted by Gasteiger charge is -2.15. The fourth-order valence-corrected chi connectivity index (χ4v) is 10.0. The van der Waals surface area contributed by atoms with Gasteiger partial charge in [-0.15, -0.1) is 0 Å². The summed E-state index contributed by atoms with van der Waals surface area (Å²) < 4.78 is 2.39. The van der Waals surface area contributed by atoms with E-state index in [1.165, 1.54) is 70.0 Å². The highest BCUT2D eigenvalue weighted by atomic mass is 15.1. The molecular weight excluding hydrogens is 715 g/mol. The first kappa shape index (κ1) is 32.2. The molecule has 0 amide bonds. The van der Waals surface area contributed by atoms with E-state index in [0.29, 0.717) is 5.82 Å². The van der Waals surface area contributed by atoms with Crippen LogP contribution in [-0.4, -0.2) is 14.5 Å². The van der Waals surface area contributed by atoms with Crippen molar-refractivity contribution in [1.82, 2.24) is 14.5 Å². The third kappa shape index (κ3) is 4.64. The highest BCUT2D eigenvalue weighted by Gasteiger charge is 2.23. The Kier molecular flexibility index (Phi) is 6.72. The molecule has 0 radical (unpaired) electrons. The normalized spacial score (nSPS) is 12.1. The van der Waals surface area contributed by atoms with Gasteiger partial charge < -0.3 is 0 Å². The summed E-state index contributed by atoms with van der Waals surface area (Å²) in [7, 11) is 0. The third-order valence-electron chi connectivity index (χ3n) is 12.5. The van der Waals surface area contributed by atoms with Gasteiger partial charge in [0.1, 0.15) is 5.82 Å². The maximum Gasteiger partial charge on any atom is 0.162 e. The van der Waals surface area contributed by atoms with E-state index in [1.54, 1.807) is 0 Å². The predicted octanol–water partition coefficient (Wildman–Crippen LogP) is 15.0. The minimum atomic E-state index is 0.694. The average molecular weight is 748 g/mol. The molecule has 0 saturated heterocycles. The zero-order valence-corrected chi connectivity index (χ0v) is 31.9. The summed E-state index contributed by atoms with van der Waals surface area (Å²) in [6, 6.07) is 72.6. The molecule has 13 rings (SSSR count). The molecule has 0 atom stereocenters. The van der Waals surface area contributed by atoms with Crippen molar-refractivity contribution >= 4 is 97.2 Å². The number of fused-ring (bicyclic) bond motifs is 16. The lowest BCUT2D eigenvalue weighted by atomic mass is 9.91. The van der Waals surface area contributed by atoms with E-state index in [-0.39, 0.29) is 0 Å². The minimum absolute atomic E-state index is 0.694. The molecule has 0 aliphatic carbocycles. The van der Waals surface area contributed by atoms with Gasteiger partial charge in [0.25, 0.3) is 0 Å². The predicted molar refractivity (Wildman–Crippen MR) is 250 cm³/mol. The van der Waals surface area contributed by atoms with Crippen LogP contribution < -0.4 is 0 Å². The molecule has 0 N–H and O–H groups in total. The Morgan fingerprint density at radius 1 is 0.288 bits per heavy atom. The maximum atomic E-state index is 5.59. The molecule has 3 nitrogen and oxygen atoms in total. The van der Waals surface area contributed by atoms with E-state index in [4.69, 9.17) is 9.97 Å². The first-order valence-corrected chi connectivity index (χ1v) is 20.2. The van der Waals surface area contributed by atoms with Crippen LogP contribution in [0, 0.1) is 0 Å². The third-order valence-corrected chi connectivity index (χ3v) is 12.5. The Bertz CT molecular complexity index is 3870. The molecule has 2 heterocycles. The second kappa shape index (κ2) is 12.3. The van der Waals surface area contributed by atoms with Crippen molar-refractivity contribution in [2.24, 2.45) is 0 Å². The Balaban J connectivity index is 1.22. The molecule has 0 aliphatic rings. The summed E-state index contributed by atoms with van der Waals surface area (Å²) in [5, 5.41) is 19.5. The van der Waals surface area contributed by atoms with Crippen LogP contribution in [0.15, 0.2) is 200 Å². The Morgan fingerprint density at radius 2 is 0.797 bits per heavy atom. The number of nitrogens with zero attached hydrogens (tertiary/aromatic N) is 3. The number of benzene rings is 11. The van der Waals surface area contributed by atoms with Gasteiger partial charge in [-0.1, -0.05) is 176 Å². The van der Waals surface area contributed by atoms with Gasteiger partial charge in [-0.2, -0.15) is 0 Å². The Morgan fingerprint density at radius 3 is 1.54 bits per heavy atom. The molecule has 0 fully saturated rings. The zero-order valence-electron chi connectivity index (χ0n) is 31.9. The van der Waals surface area contributed by atoms with Gasteiger partial charge in [-0.05, 0) is 88.2 Å².